The van der Waals surface area contributed by atoms with Crippen molar-refractivity contribution in [1.29, 1.82) is 0 Å². The number of carbonyl (C=O) groups excluding carboxylic acids is 1. The van der Waals surface area contributed by atoms with Crippen molar-refractivity contribution in [1.82, 2.24) is 5.32 Å². The van der Waals surface area contributed by atoms with Crippen LogP contribution in [-0.4, -0.2) is 25.0 Å². The van der Waals surface area contributed by atoms with Gasteiger partial charge in [-0.1, -0.05) is 37.5 Å². The fourth-order valence-electron chi connectivity index (χ4n) is 3.43. The van der Waals surface area contributed by atoms with E-state index < -0.39 is 0 Å². The maximum Gasteiger partial charge on any atom is 0.239 e. The predicted octanol–water partition coefficient (Wildman–Crippen LogP) is 2.74. The molecule has 1 unspecified atom stereocenters. The minimum Gasteiger partial charge on any atom is -0.376 e. The number of benzene rings is 1. The zero-order valence-corrected chi connectivity index (χ0v) is 13.8. The molecule has 0 radical (unpaired) electrons. The van der Waals surface area contributed by atoms with Gasteiger partial charge in [-0.3, -0.25) is 4.79 Å². The standard InChI is InChI=1S/C18H29N3O/c1-13-7-6-8-14(2)18(13)20-12-17(22)21-16(11-19)15-9-4-3-5-10-15/h6-8,15-16,20H,3-5,9-12,19H2,1-2H3,(H,21,22). The van der Waals surface area contributed by atoms with Crippen molar-refractivity contribution in [2.75, 3.05) is 18.4 Å². The summed E-state index contributed by atoms with van der Waals surface area (Å²) in [6, 6.07) is 6.26. The molecule has 1 aliphatic carbocycles. The highest BCUT2D eigenvalue weighted by molar-refractivity contribution is 5.81. The predicted molar refractivity (Wildman–Crippen MR) is 92.0 cm³/mol. The van der Waals surface area contributed by atoms with Crippen molar-refractivity contribution in [2.24, 2.45) is 11.7 Å². The molecule has 0 aliphatic heterocycles. The number of anilines is 1. The van der Waals surface area contributed by atoms with Crippen molar-refractivity contribution in [3.8, 4) is 0 Å². The Morgan fingerprint density at radius 2 is 1.86 bits per heavy atom. The molecule has 4 heteroatoms. The van der Waals surface area contributed by atoms with Crippen LogP contribution in [0.4, 0.5) is 5.69 Å². The zero-order valence-electron chi connectivity index (χ0n) is 13.8. The van der Waals surface area contributed by atoms with E-state index in [1.165, 1.54) is 32.1 Å². The number of hydrogen-bond acceptors (Lipinski definition) is 3. The third-order valence-electron chi connectivity index (χ3n) is 4.73. The van der Waals surface area contributed by atoms with Gasteiger partial charge in [0.25, 0.3) is 0 Å². The number of nitrogens with one attached hydrogen (secondary N) is 2. The molecule has 4 N–H and O–H groups in total. The summed E-state index contributed by atoms with van der Waals surface area (Å²) in [7, 11) is 0. The smallest absolute Gasteiger partial charge is 0.239 e. The van der Waals surface area contributed by atoms with Gasteiger partial charge >= 0.3 is 0 Å². The number of carbonyl (C=O) groups is 1. The summed E-state index contributed by atoms with van der Waals surface area (Å²) in [5.41, 5.74) is 9.25. The van der Waals surface area contributed by atoms with E-state index in [2.05, 4.69) is 36.6 Å². The van der Waals surface area contributed by atoms with Gasteiger partial charge in [-0.25, -0.2) is 0 Å². The molecular formula is C18H29N3O. The Morgan fingerprint density at radius 1 is 1.23 bits per heavy atom. The summed E-state index contributed by atoms with van der Waals surface area (Å²) in [6.07, 6.45) is 6.21. The summed E-state index contributed by atoms with van der Waals surface area (Å²) in [5.74, 6) is 0.576. The second-order valence-electron chi connectivity index (χ2n) is 6.43. The van der Waals surface area contributed by atoms with E-state index in [9.17, 15) is 4.79 Å². The van der Waals surface area contributed by atoms with Gasteiger partial charge in [-0.05, 0) is 43.7 Å². The minimum absolute atomic E-state index is 0.0312. The lowest BCUT2D eigenvalue weighted by atomic mass is 9.84. The van der Waals surface area contributed by atoms with Gasteiger partial charge in [-0.15, -0.1) is 0 Å². The molecule has 0 aromatic heterocycles. The highest BCUT2D eigenvalue weighted by Crippen LogP contribution is 2.26. The van der Waals surface area contributed by atoms with Crippen LogP contribution < -0.4 is 16.4 Å². The third kappa shape index (κ3) is 4.47. The fraction of sp³-hybridized carbons (Fsp3) is 0.611. The molecule has 0 saturated heterocycles. The Hall–Kier alpha value is -1.55. The maximum atomic E-state index is 12.2. The van der Waals surface area contributed by atoms with Crippen LogP contribution in [0.15, 0.2) is 18.2 Å². The Kier molecular flexibility index (Phi) is 6.25. The molecule has 0 spiro atoms. The molecule has 0 bridgehead atoms. The van der Waals surface area contributed by atoms with Crippen molar-refractivity contribution in [2.45, 2.75) is 52.0 Å². The number of para-hydroxylation sites is 1. The van der Waals surface area contributed by atoms with E-state index in [1.807, 2.05) is 6.07 Å². The van der Waals surface area contributed by atoms with Crippen LogP contribution >= 0.6 is 0 Å². The number of aryl methyl sites for hydroxylation is 2. The first-order chi connectivity index (χ1) is 10.6. The lowest BCUT2D eigenvalue weighted by Gasteiger charge is -2.30. The van der Waals surface area contributed by atoms with Gasteiger partial charge in [0.1, 0.15) is 0 Å². The average Bonchev–Trinajstić information content (AvgIpc) is 2.53. The number of rotatable bonds is 6. The molecule has 1 fully saturated rings. The van der Waals surface area contributed by atoms with E-state index in [-0.39, 0.29) is 11.9 Å². The van der Waals surface area contributed by atoms with Gasteiger partial charge in [0.05, 0.1) is 6.54 Å². The Labute approximate surface area is 133 Å². The van der Waals surface area contributed by atoms with Crippen molar-refractivity contribution in [3.05, 3.63) is 29.3 Å². The second-order valence-corrected chi connectivity index (χ2v) is 6.43. The Bertz CT molecular complexity index is 475. The molecule has 4 nitrogen and oxygen atoms in total. The maximum absolute atomic E-state index is 12.2. The topological polar surface area (TPSA) is 67.2 Å². The van der Waals surface area contributed by atoms with Crippen LogP contribution in [-0.2, 0) is 4.79 Å². The van der Waals surface area contributed by atoms with E-state index in [4.69, 9.17) is 5.73 Å². The number of nitrogens with two attached hydrogens (primary N) is 1. The highest BCUT2D eigenvalue weighted by atomic mass is 16.2. The van der Waals surface area contributed by atoms with Crippen LogP contribution in [0.1, 0.15) is 43.2 Å². The van der Waals surface area contributed by atoms with Gasteiger partial charge in [-0.2, -0.15) is 0 Å². The van der Waals surface area contributed by atoms with E-state index >= 15 is 0 Å². The first-order valence-corrected chi connectivity index (χ1v) is 8.41. The van der Waals surface area contributed by atoms with E-state index in [0.29, 0.717) is 19.0 Å². The quantitative estimate of drug-likeness (QED) is 0.757. The fourth-order valence-corrected chi connectivity index (χ4v) is 3.43. The van der Waals surface area contributed by atoms with Gasteiger partial charge in [0.15, 0.2) is 0 Å². The van der Waals surface area contributed by atoms with Crippen LogP contribution in [0.25, 0.3) is 0 Å². The largest absolute Gasteiger partial charge is 0.376 e. The van der Waals surface area contributed by atoms with Crippen LogP contribution in [0.2, 0.25) is 0 Å². The van der Waals surface area contributed by atoms with Crippen LogP contribution in [0.3, 0.4) is 0 Å². The molecule has 1 amide bonds. The molecule has 22 heavy (non-hydrogen) atoms. The van der Waals surface area contributed by atoms with Gasteiger partial charge < -0.3 is 16.4 Å². The molecule has 1 aromatic rings. The molecular weight excluding hydrogens is 274 g/mol. The zero-order chi connectivity index (χ0) is 15.9. The van der Waals surface area contributed by atoms with Crippen molar-refractivity contribution < 1.29 is 4.79 Å². The van der Waals surface area contributed by atoms with Gasteiger partial charge in [0.2, 0.25) is 5.91 Å². The molecule has 122 valence electrons. The summed E-state index contributed by atoms with van der Waals surface area (Å²) in [4.78, 5) is 12.2. The second kappa shape index (κ2) is 8.18. The lowest BCUT2D eigenvalue weighted by molar-refractivity contribution is -0.120. The summed E-state index contributed by atoms with van der Waals surface area (Å²) >= 11 is 0. The van der Waals surface area contributed by atoms with Crippen LogP contribution in [0, 0.1) is 19.8 Å². The van der Waals surface area contributed by atoms with Crippen molar-refractivity contribution in [3.63, 3.8) is 0 Å². The molecule has 1 atom stereocenters. The van der Waals surface area contributed by atoms with E-state index in [1.54, 1.807) is 0 Å². The number of hydrogen-bond donors (Lipinski definition) is 3. The molecule has 1 aliphatic rings. The molecule has 2 rings (SSSR count). The van der Waals surface area contributed by atoms with Gasteiger partial charge in [0, 0.05) is 18.3 Å². The Balaban J connectivity index is 1.86. The monoisotopic (exact) mass is 303 g/mol. The summed E-state index contributed by atoms with van der Waals surface area (Å²) < 4.78 is 0. The first kappa shape index (κ1) is 16.8. The first-order valence-electron chi connectivity index (χ1n) is 8.41. The highest BCUT2D eigenvalue weighted by Gasteiger charge is 2.23. The summed E-state index contributed by atoms with van der Waals surface area (Å²) in [5, 5.41) is 6.38. The normalized spacial score (nSPS) is 17.0. The van der Waals surface area contributed by atoms with E-state index in [0.717, 1.165) is 16.8 Å². The molecule has 0 heterocycles. The molecule has 1 saturated carbocycles. The minimum atomic E-state index is 0.0312. The lowest BCUT2D eigenvalue weighted by Crippen LogP contribution is -2.47. The van der Waals surface area contributed by atoms with Crippen molar-refractivity contribution >= 4 is 11.6 Å². The molecule has 1 aromatic carbocycles. The number of amides is 1. The average molecular weight is 303 g/mol. The SMILES string of the molecule is Cc1cccc(C)c1NCC(=O)NC(CN)C1CCCCC1. The summed E-state index contributed by atoms with van der Waals surface area (Å²) in [6.45, 7) is 4.94. The van der Waals surface area contributed by atoms with Crippen LogP contribution in [0.5, 0.6) is 0 Å². The third-order valence-corrected chi connectivity index (χ3v) is 4.73. The Morgan fingerprint density at radius 3 is 2.45 bits per heavy atom.